The molecule has 3 rings (SSSR count). The van der Waals surface area contributed by atoms with Crippen LogP contribution in [0.15, 0.2) is 47.5 Å². The number of nitrogens with zero attached hydrogens (tertiary/aromatic N) is 3. The Bertz CT molecular complexity index is 871. The van der Waals surface area contributed by atoms with Gasteiger partial charge in [0.25, 0.3) is 0 Å². The van der Waals surface area contributed by atoms with Gasteiger partial charge in [0.2, 0.25) is 15.9 Å². The molecule has 1 atom stereocenters. The van der Waals surface area contributed by atoms with Crippen LogP contribution in [0.4, 0.5) is 0 Å². The Morgan fingerprint density at radius 1 is 1.22 bits per heavy atom. The molecule has 1 unspecified atom stereocenters. The lowest BCUT2D eigenvalue weighted by Crippen LogP contribution is -2.43. The Hall–Kier alpha value is -2.19. The van der Waals surface area contributed by atoms with Gasteiger partial charge in [0, 0.05) is 31.7 Å². The minimum absolute atomic E-state index is 0.0249. The molecule has 0 aliphatic carbocycles. The van der Waals surface area contributed by atoms with Gasteiger partial charge in [-0.3, -0.25) is 9.48 Å². The van der Waals surface area contributed by atoms with Crippen LogP contribution in [0.2, 0.25) is 0 Å². The normalized spacial score (nSPS) is 17.6. The molecule has 2 aromatic rings. The summed E-state index contributed by atoms with van der Waals surface area (Å²) in [6, 6.07) is 10.2. The van der Waals surface area contributed by atoms with E-state index < -0.39 is 10.0 Å². The van der Waals surface area contributed by atoms with Gasteiger partial charge < -0.3 is 5.32 Å². The number of benzene rings is 1. The van der Waals surface area contributed by atoms with Crippen molar-refractivity contribution in [1.29, 1.82) is 0 Å². The molecule has 146 valence electrons. The van der Waals surface area contributed by atoms with Crippen molar-refractivity contribution in [3.05, 3.63) is 48.3 Å². The van der Waals surface area contributed by atoms with Crippen LogP contribution in [-0.2, 0) is 21.4 Å². The SMILES string of the molecule is CCn1nccc1C(C)NC(=O)C1CCN(S(=O)(=O)c2ccccc2)CC1. The highest BCUT2D eigenvalue weighted by atomic mass is 32.2. The van der Waals surface area contributed by atoms with Gasteiger partial charge in [0.05, 0.1) is 16.6 Å². The van der Waals surface area contributed by atoms with E-state index in [2.05, 4.69) is 10.4 Å². The molecule has 1 fully saturated rings. The summed E-state index contributed by atoms with van der Waals surface area (Å²) in [6.07, 6.45) is 2.78. The summed E-state index contributed by atoms with van der Waals surface area (Å²) in [4.78, 5) is 12.9. The molecule has 1 aliphatic heterocycles. The van der Waals surface area contributed by atoms with E-state index in [1.807, 2.05) is 24.6 Å². The molecule has 1 saturated heterocycles. The molecule has 1 aromatic carbocycles. The maximum absolute atomic E-state index is 12.7. The average Bonchev–Trinajstić information content (AvgIpc) is 3.17. The highest BCUT2D eigenvalue weighted by Crippen LogP contribution is 2.24. The lowest BCUT2D eigenvalue weighted by atomic mass is 9.97. The minimum atomic E-state index is -3.49. The Morgan fingerprint density at radius 3 is 2.52 bits per heavy atom. The van der Waals surface area contributed by atoms with Crippen molar-refractivity contribution in [2.24, 2.45) is 5.92 Å². The average molecular weight is 391 g/mol. The van der Waals surface area contributed by atoms with Crippen LogP contribution in [0.1, 0.15) is 38.4 Å². The first-order chi connectivity index (χ1) is 12.9. The third kappa shape index (κ3) is 4.22. The number of piperidine rings is 1. The zero-order valence-corrected chi connectivity index (χ0v) is 16.5. The predicted molar refractivity (Wildman–Crippen MR) is 102 cm³/mol. The molecule has 1 aliphatic rings. The first kappa shape index (κ1) is 19.6. The van der Waals surface area contributed by atoms with Crippen LogP contribution in [-0.4, -0.2) is 41.5 Å². The molecule has 1 aromatic heterocycles. The van der Waals surface area contributed by atoms with E-state index in [0.29, 0.717) is 30.8 Å². The number of sulfonamides is 1. The summed E-state index contributed by atoms with van der Waals surface area (Å²) in [5, 5.41) is 7.28. The fourth-order valence-corrected chi connectivity index (χ4v) is 4.97. The third-order valence-corrected chi connectivity index (χ3v) is 6.97. The molecule has 1 amide bonds. The van der Waals surface area contributed by atoms with E-state index in [4.69, 9.17) is 0 Å². The molecular formula is C19H26N4O3S. The van der Waals surface area contributed by atoms with Gasteiger partial charge in [0.15, 0.2) is 0 Å². The van der Waals surface area contributed by atoms with Gasteiger partial charge in [-0.2, -0.15) is 9.40 Å². The summed E-state index contributed by atoms with van der Waals surface area (Å²) < 4.78 is 28.7. The second-order valence-electron chi connectivity index (χ2n) is 6.79. The summed E-state index contributed by atoms with van der Waals surface area (Å²) in [5.74, 6) is -0.198. The Balaban J connectivity index is 1.58. The Kier molecular flexibility index (Phi) is 5.96. The summed E-state index contributed by atoms with van der Waals surface area (Å²) in [7, 11) is -3.49. The van der Waals surface area contributed by atoms with E-state index in [9.17, 15) is 13.2 Å². The lowest BCUT2D eigenvalue weighted by molar-refractivity contribution is -0.126. The van der Waals surface area contributed by atoms with Crippen molar-refractivity contribution in [2.75, 3.05) is 13.1 Å². The van der Waals surface area contributed by atoms with Crippen molar-refractivity contribution in [3.63, 3.8) is 0 Å². The topological polar surface area (TPSA) is 84.3 Å². The van der Waals surface area contributed by atoms with Gasteiger partial charge in [-0.1, -0.05) is 18.2 Å². The van der Waals surface area contributed by atoms with E-state index in [1.165, 1.54) is 4.31 Å². The maximum atomic E-state index is 12.7. The highest BCUT2D eigenvalue weighted by molar-refractivity contribution is 7.89. The summed E-state index contributed by atoms with van der Waals surface area (Å²) in [5.41, 5.74) is 0.968. The molecule has 7 nitrogen and oxygen atoms in total. The molecule has 0 spiro atoms. The van der Waals surface area contributed by atoms with Crippen molar-refractivity contribution in [2.45, 2.75) is 44.2 Å². The number of aromatic nitrogens is 2. The summed E-state index contributed by atoms with van der Waals surface area (Å²) >= 11 is 0. The van der Waals surface area contributed by atoms with Gasteiger partial charge in [-0.05, 0) is 44.9 Å². The van der Waals surface area contributed by atoms with E-state index >= 15 is 0 Å². The number of nitrogens with one attached hydrogen (secondary N) is 1. The van der Waals surface area contributed by atoms with Crippen molar-refractivity contribution in [3.8, 4) is 0 Å². The second-order valence-corrected chi connectivity index (χ2v) is 8.73. The molecule has 0 radical (unpaired) electrons. The van der Waals surface area contributed by atoms with Gasteiger partial charge in [-0.15, -0.1) is 0 Å². The van der Waals surface area contributed by atoms with E-state index in [0.717, 1.165) is 12.2 Å². The van der Waals surface area contributed by atoms with Gasteiger partial charge >= 0.3 is 0 Å². The fourth-order valence-electron chi connectivity index (χ4n) is 3.48. The van der Waals surface area contributed by atoms with Crippen LogP contribution in [0.5, 0.6) is 0 Å². The minimum Gasteiger partial charge on any atom is -0.348 e. The van der Waals surface area contributed by atoms with Crippen LogP contribution >= 0.6 is 0 Å². The molecule has 2 heterocycles. The quantitative estimate of drug-likeness (QED) is 0.819. The molecule has 8 heteroatoms. The molecular weight excluding hydrogens is 364 g/mol. The van der Waals surface area contributed by atoms with Crippen molar-refractivity contribution >= 4 is 15.9 Å². The van der Waals surface area contributed by atoms with Crippen LogP contribution in [0.25, 0.3) is 0 Å². The zero-order valence-electron chi connectivity index (χ0n) is 15.7. The van der Waals surface area contributed by atoms with E-state index in [1.54, 1.807) is 36.5 Å². The predicted octanol–water partition coefficient (Wildman–Crippen LogP) is 2.18. The third-order valence-electron chi connectivity index (χ3n) is 5.06. The fraction of sp³-hybridized carbons (Fsp3) is 0.474. The monoisotopic (exact) mass is 390 g/mol. The number of carbonyl (C=O) groups is 1. The lowest BCUT2D eigenvalue weighted by Gasteiger charge is -2.31. The first-order valence-electron chi connectivity index (χ1n) is 9.30. The number of carbonyl (C=O) groups excluding carboxylic acids is 1. The number of amides is 1. The highest BCUT2D eigenvalue weighted by Gasteiger charge is 2.32. The van der Waals surface area contributed by atoms with E-state index in [-0.39, 0.29) is 17.9 Å². The molecule has 0 saturated carbocycles. The van der Waals surface area contributed by atoms with Crippen molar-refractivity contribution in [1.82, 2.24) is 19.4 Å². The Labute approximate surface area is 160 Å². The molecule has 1 N–H and O–H groups in total. The number of hydrogen-bond acceptors (Lipinski definition) is 4. The van der Waals surface area contributed by atoms with Crippen LogP contribution in [0.3, 0.4) is 0 Å². The standard InChI is InChI=1S/C19H26N4O3S/c1-3-23-18(9-12-20-23)15(2)21-19(24)16-10-13-22(14-11-16)27(25,26)17-7-5-4-6-8-17/h4-9,12,15-16H,3,10-11,13-14H2,1-2H3,(H,21,24). The number of hydrogen-bond donors (Lipinski definition) is 1. The summed E-state index contributed by atoms with van der Waals surface area (Å²) in [6.45, 7) is 5.41. The molecule has 27 heavy (non-hydrogen) atoms. The smallest absolute Gasteiger partial charge is 0.243 e. The van der Waals surface area contributed by atoms with Gasteiger partial charge in [-0.25, -0.2) is 8.42 Å². The first-order valence-corrected chi connectivity index (χ1v) is 10.7. The Morgan fingerprint density at radius 2 is 1.89 bits per heavy atom. The largest absolute Gasteiger partial charge is 0.348 e. The van der Waals surface area contributed by atoms with Crippen molar-refractivity contribution < 1.29 is 13.2 Å². The zero-order chi connectivity index (χ0) is 19.4. The van der Waals surface area contributed by atoms with Crippen LogP contribution < -0.4 is 5.32 Å². The maximum Gasteiger partial charge on any atom is 0.243 e. The second kappa shape index (κ2) is 8.22. The number of rotatable bonds is 6. The number of aryl methyl sites for hydroxylation is 1. The van der Waals surface area contributed by atoms with Crippen LogP contribution in [0, 0.1) is 5.92 Å². The molecule has 0 bridgehead atoms. The van der Waals surface area contributed by atoms with Gasteiger partial charge in [0.1, 0.15) is 0 Å².